The van der Waals surface area contributed by atoms with Crippen LogP contribution in [0.4, 0.5) is 43.4 Å². The lowest BCUT2D eigenvalue weighted by Crippen LogP contribution is -2.45. The van der Waals surface area contributed by atoms with E-state index >= 15 is 0 Å². The Morgan fingerprint density at radius 2 is 1.25 bits per heavy atom. The van der Waals surface area contributed by atoms with Gasteiger partial charge in [-0.25, -0.2) is 0 Å². The van der Waals surface area contributed by atoms with E-state index in [2.05, 4.69) is 20.9 Å². The molecule has 0 spiro atoms. The Hall–Kier alpha value is -5.40. The lowest BCUT2D eigenvalue weighted by molar-refractivity contribution is -0.143. The Labute approximate surface area is 245 Å². The number of phenolic OH excluding ortho intramolecular Hbond substituents is 2. The monoisotopic (exact) mass is 616 g/mol. The molecule has 4 rings (SSSR count). The number of para-hydroxylation sites is 3. The van der Waals surface area contributed by atoms with E-state index in [4.69, 9.17) is 0 Å². The van der Waals surface area contributed by atoms with Crippen LogP contribution < -0.4 is 10.6 Å². The number of nitrogens with one attached hydrogen (secondary N) is 2. The van der Waals surface area contributed by atoms with Gasteiger partial charge in [0, 0.05) is 6.42 Å². The van der Waals surface area contributed by atoms with Gasteiger partial charge in [-0.2, -0.15) is 36.6 Å². The lowest BCUT2D eigenvalue weighted by atomic mass is 10.0. The predicted octanol–water partition coefficient (Wildman–Crippen LogP) is 7.53. The molecule has 0 unspecified atom stereocenters. The number of phenols is 2. The van der Waals surface area contributed by atoms with E-state index in [9.17, 15) is 46.1 Å². The Morgan fingerprint density at radius 3 is 1.82 bits per heavy atom. The van der Waals surface area contributed by atoms with E-state index in [1.165, 1.54) is 60.7 Å². The van der Waals surface area contributed by atoms with Gasteiger partial charge in [0.25, 0.3) is 5.91 Å². The molecule has 4 aromatic carbocycles. The molecule has 228 valence electrons. The van der Waals surface area contributed by atoms with Crippen LogP contribution in [0.15, 0.2) is 101 Å². The maximum absolute atomic E-state index is 13.2. The molecule has 0 aliphatic heterocycles. The van der Waals surface area contributed by atoms with Crippen LogP contribution in [0.1, 0.15) is 27.0 Å². The van der Waals surface area contributed by atoms with Crippen molar-refractivity contribution in [1.82, 2.24) is 5.32 Å². The summed E-state index contributed by atoms with van der Waals surface area (Å²) in [6.07, 6.45) is -10.2. The molecule has 0 aliphatic carbocycles. The average Bonchev–Trinajstić information content (AvgIpc) is 2.96. The predicted molar refractivity (Wildman–Crippen MR) is 147 cm³/mol. The summed E-state index contributed by atoms with van der Waals surface area (Å²) in [6, 6.07) is 16.9. The summed E-state index contributed by atoms with van der Waals surface area (Å²) in [7, 11) is 0. The van der Waals surface area contributed by atoms with Gasteiger partial charge in [-0.3, -0.25) is 9.59 Å². The number of rotatable bonds is 8. The van der Waals surface area contributed by atoms with Gasteiger partial charge < -0.3 is 20.8 Å². The summed E-state index contributed by atoms with van der Waals surface area (Å²) < 4.78 is 78.7. The Balaban J connectivity index is 1.55. The van der Waals surface area contributed by atoms with Crippen LogP contribution in [-0.2, 0) is 23.6 Å². The number of carbonyl (C=O) groups excluding carboxylic acids is 2. The number of azo groups is 1. The quantitative estimate of drug-likeness (QED) is 0.0928. The summed E-state index contributed by atoms with van der Waals surface area (Å²) in [5.74, 6) is -2.00. The lowest BCUT2D eigenvalue weighted by Gasteiger charge is -2.19. The largest absolute Gasteiger partial charge is 0.507 e. The molecule has 2 amide bonds. The smallest absolute Gasteiger partial charge is 0.416 e. The van der Waals surface area contributed by atoms with E-state index in [1.54, 1.807) is 12.1 Å². The van der Waals surface area contributed by atoms with Crippen molar-refractivity contribution in [3.8, 4) is 11.5 Å². The SMILES string of the molecule is O=C(N[C@@H](Cc1ccc(N=Nc2cc(C(F)(F)F)cc(C(F)(F)F)c2)cc1)C(=O)Nc1ccccc1O)c1ccccc1O. The molecule has 0 saturated heterocycles. The zero-order valence-corrected chi connectivity index (χ0v) is 22.3. The summed E-state index contributed by atoms with van der Waals surface area (Å²) in [5, 5.41) is 32.4. The fourth-order valence-electron chi connectivity index (χ4n) is 3.96. The maximum atomic E-state index is 13.2. The second-order valence-corrected chi connectivity index (χ2v) is 9.38. The van der Waals surface area contributed by atoms with E-state index in [0.29, 0.717) is 17.7 Å². The van der Waals surface area contributed by atoms with Crippen molar-refractivity contribution in [2.24, 2.45) is 10.2 Å². The first kappa shape index (κ1) is 31.5. The number of hydrogen-bond acceptors (Lipinski definition) is 6. The van der Waals surface area contributed by atoms with Gasteiger partial charge in [-0.15, -0.1) is 0 Å². The number of aromatic hydroxyl groups is 2. The van der Waals surface area contributed by atoms with Crippen LogP contribution in [0.25, 0.3) is 0 Å². The molecule has 4 aromatic rings. The minimum atomic E-state index is -5.04. The topological polar surface area (TPSA) is 123 Å². The van der Waals surface area contributed by atoms with E-state index in [0.717, 1.165) is 0 Å². The van der Waals surface area contributed by atoms with Crippen molar-refractivity contribution in [3.05, 3.63) is 113 Å². The molecule has 14 heteroatoms. The third kappa shape index (κ3) is 8.12. The van der Waals surface area contributed by atoms with Crippen molar-refractivity contribution in [1.29, 1.82) is 0 Å². The zero-order chi connectivity index (χ0) is 32.1. The first-order valence-electron chi connectivity index (χ1n) is 12.7. The Kier molecular flexibility index (Phi) is 9.21. The summed E-state index contributed by atoms with van der Waals surface area (Å²) in [5.41, 5.74) is -3.19. The fourth-order valence-corrected chi connectivity index (χ4v) is 3.96. The molecule has 0 fully saturated rings. The third-order valence-electron chi connectivity index (χ3n) is 6.16. The molecule has 0 heterocycles. The van der Waals surface area contributed by atoms with E-state index in [-0.39, 0.29) is 40.9 Å². The van der Waals surface area contributed by atoms with E-state index < -0.39 is 47.0 Å². The highest BCUT2D eigenvalue weighted by molar-refractivity contribution is 6.02. The van der Waals surface area contributed by atoms with Gasteiger partial charge in [0.2, 0.25) is 5.91 Å². The van der Waals surface area contributed by atoms with Crippen molar-refractivity contribution >= 4 is 28.9 Å². The van der Waals surface area contributed by atoms with Crippen LogP contribution in [-0.4, -0.2) is 28.1 Å². The summed E-state index contributed by atoms with van der Waals surface area (Å²) in [6.45, 7) is 0. The average molecular weight is 617 g/mol. The van der Waals surface area contributed by atoms with Crippen molar-refractivity contribution in [2.75, 3.05) is 5.32 Å². The minimum absolute atomic E-state index is 0.0164. The zero-order valence-electron chi connectivity index (χ0n) is 22.3. The number of halogens is 6. The summed E-state index contributed by atoms with van der Waals surface area (Å²) in [4.78, 5) is 26.0. The highest BCUT2D eigenvalue weighted by Crippen LogP contribution is 2.38. The molecule has 0 aromatic heterocycles. The number of anilines is 1. The second-order valence-electron chi connectivity index (χ2n) is 9.38. The van der Waals surface area contributed by atoms with Crippen LogP contribution in [0.2, 0.25) is 0 Å². The number of benzene rings is 4. The van der Waals surface area contributed by atoms with Gasteiger partial charge in [0.05, 0.1) is 33.8 Å². The standard InChI is InChI=1S/C30H22F6N4O4/c31-29(32,33)18-14-19(30(34,35)36)16-21(15-18)40-39-20-11-9-17(10-12-20)13-24(28(44)37-23-6-2-4-8-26(23)42)38-27(43)22-5-1-3-7-25(22)41/h1-12,14-16,24,41-42H,13H2,(H,37,44)(H,38,43)/t24-/m0/s1. The first-order valence-corrected chi connectivity index (χ1v) is 12.7. The van der Waals surface area contributed by atoms with Crippen LogP contribution in [0.3, 0.4) is 0 Å². The van der Waals surface area contributed by atoms with Crippen molar-refractivity contribution < 1.29 is 46.1 Å². The molecular weight excluding hydrogens is 594 g/mol. The molecule has 4 N–H and O–H groups in total. The van der Waals surface area contributed by atoms with Gasteiger partial charge >= 0.3 is 12.4 Å². The van der Waals surface area contributed by atoms with Gasteiger partial charge in [0.15, 0.2) is 0 Å². The first-order chi connectivity index (χ1) is 20.7. The summed E-state index contributed by atoms with van der Waals surface area (Å²) >= 11 is 0. The third-order valence-corrected chi connectivity index (χ3v) is 6.16. The maximum Gasteiger partial charge on any atom is 0.416 e. The van der Waals surface area contributed by atoms with E-state index in [1.807, 2.05) is 0 Å². The molecular formula is C30H22F6N4O4. The van der Waals surface area contributed by atoms with Crippen LogP contribution in [0.5, 0.6) is 11.5 Å². The van der Waals surface area contributed by atoms with Crippen molar-refractivity contribution in [2.45, 2.75) is 24.8 Å². The number of hydrogen-bond donors (Lipinski definition) is 4. The normalized spacial score (nSPS) is 12.6. The van der Waals surface area contributed by atoms with Gasteiger partial charge in [-0.05, 0) is 60.2 Å². The molecule has 8 nitrogen and oxygen atoms in total. The number of amides is 2. The van der Waals surface area contributed by atoms with Crippen LogP contribution in [0, 0.1) is 0 Å². The highest BCUT2D eigenvalue weighted by atomic mass is 19.4. The minimum Gasteiger partial charge on any atom is -0.507 e. The molecule has 0 saturated carbocycles. The molecule has 1 atom stereocenters. The second kappa shape index (κ2) is 12.9. The highest BCUT2D eigenvalue weighted by Gasteiger charge is 2.37. The Bertz CT molecular complexity index is 1660. The fraction of sp³-hybridized carbons (Fsp3) is 0.133. The number of nitrogens with zero attached hydrogens (tertiary/aromatic N) is 2. The molecule has 0 radical (unpaired) electrons. The number of carbonyl (C=O) groups is 2. The molecule has 0 bridgehead atoms. The van der Waals surface area contributed by atoms with Gasteiger partial charge in [-0.1, -0.05) is 36.4 Å². The molecule has 44 heavy (non-hydrogen) atoms. The number of alkyl halides is 6. The Morgan fingerprint density at radius 1 is 0.705 bits per heavy atom. The van der Waals surface area contributed by atoms with Crippen molar-refractivity contribution in [3.63, 3.8) is 0 Å². The van der Waals surface area contributed by atoms with Crippen LogP contribution >= 0.6 is 0 Å². The molecule has 0 aliphatic rings. The van der Waals surface area contributed by atoms with Gasteiger partial charge in [0.1, 0.15) is 17.5 Å².